The predicted octanol–water partition coefficient (Wildman–Crippen LogP) is 4.31. The van der Waals surface area contributed by atoms with Gasteiger partial charge in [0.05, 0.1) is 0 Å². The molecule has 0 aliphatic heterocycles. The molecule has 0 aliphatic carbocycles. The van der Waals surface area contributed by atoms with Crippen molar-refractivity contribution in [3.63, 3.8) is 0 Å². The second kappa shape index (κ2) is 10.7. The smallest absolute Gasteiger partial charge is 0.408 e. The van der Waals surface area contributed by atoms with Crippen molar-refractivity contribution in [2.75, 3.05) is 5.32 Å². The number of anilines is 1. The maximum atomic E-state index is 13.1. The van der Waals surface area contributed by atoms with Crippen molar-refractivity contribution in [3.05, 3.63) is 78.4 Å². The fourth-order valence-corrected chi connectivity index (χ4v) is 4.16. The molecule has 0 spiro atoms. The number of carbonyl (C=O) groups is 3. The van der Waals surface area contributed by atoms with Crippen LogP contribution in [0.1, 0.15) is 25.3 Å². The molecule has 0 saturated heterocycles. The number of hydrogen-bond donors (Lipinski definition) is 3. The summed E-state index contributed by atoms with van der Waals surface area (Å²) >= 11 is 0. The molecule has 1 heterocycles. The number of nitrogens with zero attached hydrogens (tertiary/aromatic N) is 1. The summed E-state index contributed by atoms with van der Waals surface area (Å²) in [5.41, 5.74) is 8.87. The monoisotopic (exact) mass is 472 g/mol. The van der Waals surface area contributed by atoms with Crippen LogP contribution in [-0.4, -0.2) is 28.5 Å². The molecule has 0 bridgehead atoms. The van der Waals surface area contributed by atoms with E-state index in [1.165, 1.54) is 0 Å². The van der Waals surface area contributed by atoms with Gasteiger partial charge in [-0.3, -0.25) is 9.59 Å². The molecule has 0 unspecified atom stereocenters. The van der Waals surface area contributed by atoms with Crippen molar-refractivity contribution in [1.29, 1.82) is 0 Å². The molecule has 180 valence electrons. The highest BCUT2D eigenvalue weighted by Crippen LogP contribution is 2.31. The van der Waals surface area contributed by atoms with Crippen molar-refractivity contribution < 1.29 is 19.1 Å². The van der Waals surface area contributed by atoms with E-state index in [9.17, 15) is 14.4 Å². The SMILES string of the molecule is CCn1c2ccccc2c2cc(NC(=O)[C@H](CCC(N)=O)NC(=O)OCc3ccccc3)ccc21. The minimum absolute atomic E-state index is 0.0546. The van der Waals surface area contributed by atoms with E-state index in [0.29, 0.717) is 5.69 Å². The molecular formula is C27H28N4O4. The second-order valence-corrected chi connectivity index (χ2v) is 8.25. The Bertz CT molecular complexity index is 1360. The summed E-state index contributed by atoms with van der Waals surface area (Å²) in [7, 11) is 0. The second-order valence-electron chi connectivity index (χ2n) is 8.25. The average molecular weight is 473 g/mol. The third-order valence-corrected chi connectivity index (χ3v) is 5.86. The molecule has 8 nitrogen and oxygen atoms in total. The van der Waals surface area contributed by atoms with Crippen LogP contribution in [-0.2, 0) is 27.5 Å². The van der Waals surface area contributed by atoms with Gasteiger partial charge in [0.15, 0.2) is 0 Å². The molecular weight excluding hydrogens is 444 g/mol. The number of alkyl carbamates (subject to hydrolysis) is 1. The van der Waals surface area contributed by atoms with E-state index in [-0.39, 0.29) is 19.4 Å². The van der Waals surface area contributed by atoms with Gasteiger partial charge in [-0.25, -0.2) is 4.79 Å². The van der Waals surface area contributed by atoms with E-state index in [0.717, 1.165) is 33.9 Å². The van der Waals surface area contributed by atoms with Crippen LogP contribution in [0.25, 0.3) is 21.8 Å². The lowest BCUT2D eigenvalue weighted by Gasteiger charge is -2.18. The van der Waals surface area contributed by atoms with E-state index in [1.807, 2.05) is 60.7 Å². The zero-order valence-electron chi connectivity index (χ0n) is 19.5. The van der Waals surface area contributed by atoms with Crippen LogP contribution >= 0.6 is 0 Å². The quantitative estimate of drug-likeness (QED) is 0.337. The maximum absolute atomic E-state index is 13.1. The Morgan fingerprint density at radius 3 is 2.40 bits per heavy atom. The number of nitrogens with one attached hydrogen (secondary N) is 2. The molecule has 35 heavy (non-hydrogen) atoms. The number of hydrogen-bond acceptors (Lipinski definition) is 4. The van der Waals surface area contributed by atoms with Gasteiger partial charge in [0.1, 0.15) is 12.6 Å². The molecule has 1 aromatic heterocycles. The Morgan fingerprint density at radius 1 is 0.943 bits per heavy atom. The van der Waals surface area contributed by atoms with Crippen LogP contribution in [0.3, 0.4) is 0 Å². The number of amides is 3. The van der Waals surface area contributed by atoms with Crippen molar-refractivity contribution in [1.82, 2.24) is 9.88 Å². The molecule has 0 fully saturated rings. The van der Waals surface area contributed by atoms with Crippen LogP contribution in [0.4, 0.5) is 10.5 Å². The van der Waals surface area contributed by atoms with E-state index in [1.54, 1.807) is 0 Å². The molecule has 4 N–H and O–H groups in total. The van der Waals surface area contributed by atoms with Gasteiger partial charge in [0, 0.05) is 40.5 Å². The van der Waals surface area contributed by atoms with Crippen molar-refractivity contribution in [3.8, 4) is 0 Å². The highest BCUT2D eigenvalue weighted by Gasteiger charge is 2.23. The van der Waals surface area contributed by atoms with E-state index >= 15 is 0 Å². The standard InChI is InChI=1S/C27H28N4O4/c1-2-31-23-11-7-6-10-20(23)21-16-19(12-14-24(21)31)29-26(33)22(13-15-25(28)32)30-27(34)35-17-18-8-4-3-5-9-18/h3-12,14,16,22H,2,13,15,17H2,1H3,(H2,28,32)(H,29,33)(H,30,34)/t22-/m0/s1. The van der Waals surface area contributed by atoms with Gasteiger partial charge in [-0.2, -0.15) is 0 Å². The Morgan fingerprint density at radius 2 is 1.66 bits per heavy atom. The van der Waals surface area contributed by atoms with E-state index in [4.69, 9.17) is 10.5 Å². The molecule has 3 aromatic carbocycles. The normalized spacial score (nSPS) is 11.8. The number of primary amides is 1. The van der Waals surface area contributed by atoms with Crippen LogP contribution in [0.5, 0.6) is 0 Å². The minimum Gasteiger partial charge on any atom is -0.445 e. The minimum atomic E-state index is -0.988. The van der Waals surface area contributed by atoms with Gasteiger partial charge in [-0.1, -0.05) is 48.5 Å². The van der Waals surface area contributed by atoms with Gasteiger partial charge < -0.3 is 25.7 Å². The van der Waals surface area contributed by atoms with Gasteiger partial charge in [0.25, 0.3) is 0 Å². The first-order chi connectivity index (χ1) is 17.0. The van der Waals surface area contributed by atoms with Crippen molar-refractivity contribution in [2.45, 2.75) is 39.0 Å². The molecule has 0 radical (unpaired) electrons. The number of para-hydroxylation sites is 1. The van der Waals surface area contributed by atoms with Gasteiger partial charge in [0.2, 0.25) is 11.8 Å². The summed E-state index contributed by atoms with van der Waals surface area (Å²) < 4.78 is 7.46. The Labute approximate surface area is 203 Å². The van der Waals surface area contributed by atoms with Crippen LogP contribution < -0.4 is 16.4 Å². The fraction of sp³-hybridized carbons (Fsp3) is 0.222. The lowest BCUT2D eigenvalue weighted by Crippen LogP contribution is -2.44. The third-order valence-electron chi connectivity index (χ3n) is 5.86. The highest BCUT2D eigenvalue weighted by atomic mass is 16.5. The number of fused-ring (bicyclic) bond motifs is 3. The zero-order chi connectivity index (χ0) is 24.8. The first-order valence-corrected chi connectivity index (χ1v) is 11.5. The summed E-state index contributed by atoms with van der Waals surface area (Å²) in [4.78, 5) is 36.7. The molecule has 3 amide bonds. The number of carbonyl (C=O) groups excluding carboxylic acids is 3. The summed E-state index contributed by atoms with van der Waals surface area (Å²) in [5.74, 6) is -1.02. The zero-order valence-corrected chi connectivity index (χ0v) is 19.5. The molecule has 4 aromatic rings. The average Bonchev–Trinajstić information content (AvgIpc) is 3.18. The summed E-state index contributed by atoms with van der Waals surface area (Å²) in [6.45, 7) is 2.97. The first-order valence-electron chi connectivity index (χ1n) is 11.5. The van der Waals surface area contributed by atoms with E-state index in [2.05, 4.69) is 34.3 Å². The van der Waals surface area contributed by atoms with Crippen LogP contribution in [0.15, 0.2) is 72.8 Å². The van der Waals surface area contributed by atoms with Crippen LogP contribution in [0, 0.1) is 0 Å². The van der Waals surface area contributed by atoms with E-state index < -0.39 is 23.9 Å². The number of aromatic nitrogens is 1. The molecule has 0 aliphatic rings. The largest absolute Gasteiger partial charge is 0.445 e. The molecule has 0 saturated carbocycles. The van der Waals surface area contributed by atoms with Crippen LogP contribution in [0.2, 0.25) is 0 Å². The van der Waals surface area contributed by atoms with Gasteiger partial charge in [-0.15, -0.1) is 0 Å². The predicted molar refractivity (Wildman–Crippen MR) is 136 cm³/mol. The topological polar surface area (TPSA) is 115 Å². The Hall–Kier alpha value is -4.33. The number of ether oxygens (including phenoxy) is 1. The summed E-state index contributed by atoms with van der Waals surface area (Å²) in [6, 6.07) is 22.0. The lowest BCUT2D eigenvalue weighted by atomic mass is 10.1. The summed E-state index contributed by atoms with van der Waals surface area (Å²) in [5, 5.41) is 7.52. The highest BCUT2D eigenvalue weighted by molar-refractivity contribution is 6.10. The fourth-order valence-electron chi connectivity index (χ4n) is 4.16. The molecule has 1 atom stereocenters. The lowest BCUT2D eigenvalue weighted by molar-refractivity contribution is -0.119. The molecule has 4 rings (SSSR count). The first kappa shape index (κ1) is 23.8. The van der Waals surface area contributed by atoms with Crippen molar-refractivity contribution >= 4 is 45.4 Å². The number of aryl methyl sites for hydroxylation is 1. The third kappa shape index (κ3) is 5.60. The Balaban J connectivity index is 1.50. The van der Waals surface area contributed by atoms with Gasteiger partial charge in [-0.05, 0) is 43.2 Å². The number of benzene rings is 3. The number of rotatable bonds is 9. The molecule has 8 heteroatoms. The van der Waals surface area contributed by atoms with Crippen molar-refractivity contribution in [2.24, 2.45) is 5.73 Å². The Kier molecular flexibility index (Phi) is 7.30. The number of nitrogens with two attached hydrogens (primary N) is 1. The van der Waals surface area contributed by atoms with Gasteiger partial charge >= 0.3 is 6.09 Å². The summed E-state index contributed by atoms with van der Waals surface area (Å²) in [6.07, 6.45) is -0.751. The maximum Gasteiger partial charge on any atom is 0.408 e.